The Kier molecular flexibility index (Phi) is 5.03. The van der Waals surface area contributed by atoms with Crippen LogP contribution in [0.5, 0.6) is 0 Å². The van der Waals surface area contributed by atoms with Gasteiger partial charge in [0, 0.05) is 49.6 Å². The average Bonchev–Trinajstić information content (AvgIpc) is 2.56. The third-order valence-corrected chi connectivity index (χ3v) is 4.40. The van der Waals surface area contributed by atoms with Crippen LogP contribution < -0.4 is 9.80 Å². The lowest BCUT2D eigenvalue weighted by Gasteiger charge is -2.38. The molecule has 3 nitrogen and oxygen atoms in total. The number of anilines is 2. The summed E-state index contributed by atoms with van der Waals surface area (Å²) in [5, 5.41) is 0.429. The molecule has 5 heteroatoms. The largest absolute Gasteiger partial charge is 0.380 e. The monoisotopic (exact) mass is 334 g/mol. The lowest BCUT2D eigenvalue weighted by molar-refractivity contribution is 0.185. The molecular weight excluding hydrogens is 315 g/mol. The van der Waals surface area contributed by atoms with Gasteiger partial charge in [-0.3, -0.25) is 0 Å². The van der Waals surface area contributed by atoms with Crippen molar-refractivity contribution in [2.45, 2.75) is 6.61 Å². The van der Waals surface area contributed by atoms with Gasteiger partial charge >= 0.3 is 0 Å². The molecule has 0 spiro atoms. The molecule has 0 saturated carbocycles. The number of nitrogens with zero attached hydrogens (tertiary/aromatic N) is 2. The van der Waals surface area contributed by atoms with E-state index in [-0.39, 0.29) is 5.82 Å². The molecule has 0 atom stereocenters. The zero-order valence-electron chi connectivity index (χ0n) is 13.1. The second kappa shape index (κ2) is 7.20. The lowest BCUT2D eigenvalue weighted by Crippen LogP contribution is -2.47. The molecule has 0 unspecified atom stereocenters. The average molecular weight is 335 g/mol. The van der Waals surface area contributed by atoms with Crippen molar-refractivity contribution < 1.29 is 9.13 Å². The zero-order valence-corrected chi connectivity index (χ0v) is 13.9. The van der Waals surface area contributed by atoms with Crippen LogP contribution >= 0.6 is 11.6 Å². The maximum Gasteiger partial charge on any atom is 0.147 e. The van der Waals surface area contributed by atoms with Gasteiger partial charge in [-0.2, -0.15) is 0 Å². The highest BCUT2D eigenvalue weighted by atomic mass is 35.5. The molecule has 23 heavy (non-hydrogen) atoms. The first kappa shape index (κ1) is 16.1. The van der Waals surface area contributed by atoms with Crippen LogP contribution in [0.1, 0.15) is 5.56 Å². The molecule has 0 N–H and O–H groups in total. The van der Waals surface area contributed by atoms with Gasteiger partial charge in [0.1, 0.15) is 5.82 Å². The molecule has 1 saturated heterocycles. The van der Waals surface area contributed by atoms with Crippen molar-refractivity contribution >= 4 is 23.0 Å². The number of hydrogen-bond acceptors (Lipinski definition) is 3. The van der Waals surface area contributed by atoms with E-state index in [0.717, 1.165) is 26.2 Å². The number of halogens is 2. The number of piperazine rings is 1. The standard InChI is InChI=1S/C18H20ClFN2O/c1-23-13-14-4-2-3-5-17(14)21-8-10-22(11-9-21)18-7-6-15(19)12-16(18)20/h2-7,12H,8-11,13H2,1H3. The second-order valence-corrected chi connectivity index (χ2v) is 6.07. The first-order chi connectivity index (χ1) is 11.2. The van der Waals surface area contributed by atoms with Crippen LogP contribution in [0.15, 0.2) is 42.5 Å². The molecule has 0 aromatic heterocycles. The maximum atomic E-state index is 14.1. The van der Waals surface area contributed by atoms with Crippen LogP contribution in [0.25, 0.3) is 0 Å². The zero-order chi connectivity index (χ0) is 16.2. The Morgan fingerprint density at radius 2 is 1.65 bits per heavy atom. The molecule has 0 aliphatic carbocycles. The SMILES string of the molecule is COCc1ccccc1N1CCN(c2ccc(Cl)cc2F)CC1. The van der Waals surface area contributed by atoms with Crippen LogP contribution in [0.4, 0.5) is 15.8 Å². The topological polar surface area (TPSA) is 15.7 Å². The molecule has 3 rings (SSSR count). The van der Waals surface area contributed by atoms with Gasteiger partial charge in [-0.05, 0) is 24.3 Å². The Bertz CT molecular complexity index is 672. The number of ether oxygens (including phenoxy) is 1. The van der Waals surface area contributed by atoms with Crippen molar-refractivity contribution in [2.24, 2.45) is 0 Å². The third kappa shape index (κ3) is 3.59. The molecule has 0 bridgehead atoms. The van der Waals surface area contributed by atoms with Crippen molar-refractivity contribution in [2.75, 3.05) is 43.1 Å². The maximum absolute atomic E-state index is 14.1. The van der Waals surface area contributed by atoms with E-state index < -0.39 is 0 Å². The molecule has 1 heterocycles. The summed E-state index contributed by atoms with van der Waals surface area (Å²) in [6, 6.07) is 13.1. The van der Waals surface area contributed by atoms with E-state index in [1.54, 1.807) is 19.2 Å². The third-order valence-electron chi connectivity index (χ3n) is 4.16. The Morgan fingerprint density at radius 1 is 1.00 bits per heavy atom. The van der Waals surface area contributed by atoms with Crippen LogP contribution in [0.3, 0.4) is 0 Å². The van der Waals surface area contributed by atoms with Crippen LogP contribution in [-0.4, -0.2) is 33.3 Å². The van der Waals surface area contributed by atoms with Gasteiger partial charge in [-0.15, -0.1) is 0 Å². The van der Waals surface area contributed by atoms with Crippen molar-refractivity contribution in [3.05, 3.63) is 58.9 Å². The molecule has 2 aromatic rings. The van der Waals surface area contributed by atoms with Gasteiger partial charge in [0.2, 0.25) is 0 Å². The summed E-state index contributed by atoms with van der Waals surface area (Å²) in [6.07, 6.45) is 0. The van der Waals surface area contributed by atoms with Gasteiger partial charge in [-0.1, -0.05) is 29.8 Å². The first-order valence-corrected chi connectivity index (χ1v) is 8.08. The molecule has 0 radical (unpaired) electrons. The van der Waals surface area contributed by atoms with Gasteiger partial charge < -0.3 is 14.5 Å². The molecule has 1 aliphatic rings. The lowest BCUT2D eigenvalue weighted by atomic mass is 10.1. The van der Waals surface area contributed by atoms with Gasteiger partial charge in [-0.25, -0.2) is 4.39 Å². The van der Waals surface area contributed by atoms with E-state index in [0.29, 0.717) is 17.3 Å². The van der Waals surface area contributed by atoms with E-state index >= 15 is 0 Å². The Morgan fingerprint density at radius 3 is 2.30 bits per heavy atom. The highest BCUT2D eigenvalue weighted by Gasteiger charge is 2.21. The normalized spacial score (nSPS) is 15.1. The van der Waals surface area contributed by atoms with Gasteiger partial charge in [0.05, 0.1) is 12.3 Å². The van der Waals surface area contributed by atoms with E-state index in [1.165, 1.54) is 17.3 Å². The number of para-hydroxylation sites is 1. The summed E-state index contributed by atoms with van der Waals surface area (Å²) in [4.78, 5) is 4.40. The van der Waals surface area contributed by atoms with Crippen LogP contribution in [-0.2, 0) is 11.3 Å². The molecule has 2 aromatic carbocycles. The fourth-order valence-electron chi connectivity index (χ4n) is 3.02. The minimum Gasteiger partial charge on any atom is -0.380 e. The number of hydrogen-bond donors (Lipinski definition) is 0. The summed E-state index contributed by atoms with van der Waals surface area (Å²) >= 11 is 5.83. The first-order valence-electron chi connectivity index (χ1n) is 7.71. The fourth-order valence-corrected chi connectivity index (χ4v) is 3.18. The highest BCUT2D eigenvalue weighted by Crippen LogP contribution is 2.27. The Hall–Kier alpha value is -1.78. The Labute approximate surface area is 141 Å². The molecule has 1 aliphatic heterocycles. The van der Waals surface area contributed by atoms with Crippen molar-refractivity contribution in [1.82, 2.24) is 0 Å². The minimum atomic E-state index is -0.259. The van der Waals surface area contributed by atoms with E-state index in [4.69, 9.17) is 16.3 Å². The number of methoxy groups -OCH3 is 1. The molecular formula is C18H20ClFN2O. The predicted octanol–water partition coefficient (Wildman–Crippen LogP) is 3.95. The molecule has 1 fully saturated rings. The number of rotatable bonds is 4. The quantitative estimate of drug-likeness (QED) is 0.842. The number of benzene rings is 2. The minimum absolute atomic E-state index is 0.259. The molecule has 122 valence electrons. The van der Waals surface area contributed by atoms with E-state index in [1.807, 2.05) is 12.1 Å². The molecule has 0 amide bonds. The summed E-state index contributed by atoms with van der Waals surface area (Å²) in [6.45, 7) is 3.85. The summed E-state index contributed by atoms with van der Waals surface area (Å²) in [5.74, 6) is -0.259. The summed E-state index contributed by atoms with van der Waals surface area (Å²) < 4.78 is 19.3. The van der Waals surface area contributed by atoms with Crippen LogP contribution in [0, 0.1) is 5.82 Å². The van der Waals surface area contributed by atoms with E-state index in [2.05, 4.69) is 21.9 Å². The fraction of sp³-hybridized carbons (Fsp3) is 0.333. The van der Waals surface area contributed by atoms with Gasteiger partial charge in [0.25, 0.3) is 0 Å². The van der Waals surface area contributed by atoms with Crippen molar-refractivity contribution in [3.63, 3.8) is 0 Å². The van der Waals surface area contributed by atoms with Gasteiger partial charge in [0.15, 0.2) is 0 Å². The summed E-state index contributed by atoms with van der Waals surface area (Å²) in [7, 11) is 1.71. The smallest absolute Gasteiger partial charge is 0.147 e. The highest BCUT2D eigenvalue weighted by molar-refractivity contribution is 6.30. The van der Waals surface area contributed by atoms with Crippen molar-refractivity contribution in [3.8, 4) is 0 Å². The van der Waals surface area contributed by atoms with Crippen molar-refractivity contribution in [1.29, 1.82) is 0 Å². The predicted molar refractivity (Wildman–Crippen MR) is 93.0 cm³/mol. The second-order valence-electron chi connectivity index (χ2n) is 5.63. The Balaban J connectivity index is 1.71. The summed E-state index contributed by atoms with van der Waals surface area (Å²) in [5.41, 5.74) is 3.01. The van der Waals surface area contributed by atoms with E-state index in [9.17, 15) is 4.39 Å². The van der Waals surface area contributed by atoms with Crippen LogP contribution in [0.2, 0.25) is 5.02 Å².